The molecular weight excluding hydrogens is 200 g/mol. The van der Waals surface area contributed by atoms with Crippen LogP contribution in [0, 0.1) is 0 Å². The molecule has 14 heavy (non-hydrogen) atoms. The number of aromatic carboxylic acids is 1. The number of carboxylic acid groups (broad SMARTS) is 1. The summed E-state index contributed by atoms with van der Waals surface area (Å²) in [5.74, 6) is -0.912. The third-order valence-corrected chi connectivity index (χ3v) is 3.77. The van der Waals surface area contributed by atoms with E-state index in [4.69, 9.17) is 10.8 Å². The summed E-state index contributed by atoms with van der Waals surface area (Å²) in [6, 6.07) is 0. The molecule has 1 aromatic heterocycles. The van der Waals surface area contributed by atoms with Crippen LogP contribution in [0.3, 0.4) is 0 Å². The monoisotopic (exact) mass is 212 g/mol. The first-order valence-electron chi connectivity index (χ1n) is 4.41. The van der Waals surface area contributed by atoms with Gasteiger partial charge in [-0.3, -0.25) is 0 Å². The number of fused-ring (bicyclic) bond motifs is 1. The molecule has 0 atom stereocenters. The molecule has 0 bridgehead atoms. The molecule has 0 spiro atoms. The highest BCUT2D eigenvalue weighted by Crippen LogP contribution is 2.34. The van der Waals surface area contributed by atoms with Gasteiger partial charge in [0, 0.05) is 23.5 Å². The van der Waals surface area contributed by atoms with Gasteiger partial charge in [0.05, 0.1) is 5.69 Å². The molecule has 0 unspecified atom stereocenters. The maximum atomic E-state index is 10.8. The maximum Gasteiger partial charge on any atom is 0.348 e. The van der Waals surface area contributed by atoms with Gasteiger partial charge in [-0.05, 0) is 13.5 Å². The molecule has 4 nitrogen and oxygen atoms in total. The summed E-state index contributed by atoms with van der Waals surface area (Å²) >= 11 is 1.32. The highest BCUT2D eigenvalue weighted by Gasteiger charge is 2.23. The van der Waals surface area contributed by atoms with Gasteiger partial charge in [0.15, 0.2) is 0 Å². The zero-order valence-electron chi connectivity index (χ0n) is 7.91. The van der Waals surface area contributed by atoms with Crippen molar-refractivity contribution in [3.8, 4) is 0 Å². The highest BCUT2D eigenvalue weighted by molar-refractivity contribution is 7.14. The quantitative estimate of drug-likeness (QED) is 0.729. The summed E-state index contributed by atoms with van der Waals surface area (Å²) in [5.41, 5.74) is 7.27. The summed E-state index contributed by atoms with van der Waals surface area (Å²) in [6.45, 7) is 1.75. The Labute approximate surface area is 85.9 Å². The molecule has 3 N–H and O–H groups in total. The summed E-state index contributed by atoms with van der Waals surface area (Å²) in [6.07, 6.45) is 0.911. The van der Waals surface area contributed by atoms with Crippen LogP contribution >= 0.6 is 11.3 Å². The number of rotatable bonds is 1. The molecule has 0 radical (unpaired) electrons. The van der Waals surface area contributed by atoms with E-state index in [1.807, 2.05) is 7.05 Å². The predicted molar refractivity (Wildman–Crippen MR) is 55.7 cm³/mol. The topological polar surface area (TPSA) is 66.6 Å². The third kappa shape index (κ3) is 1.38. The minimum atomic E-state index is -0.912. The highest BCUT2D eigenvalue weighted by atomic mass is 32.1. The second-order valence-electron chi connectivity index (χ2n) is 3.54. The minimum absolute atomic E-state index is 0.297. The van der Waals surface area contributed by atoms with Crippen LogP contribution in [-0.4, -0.2) is 29.6 Å². The Balaban J connectivity index is 2.46. The first-order valence-corrected chi connectivity index (χ1v) is 5.23. The predicted octanol–water partition coefficient (Wildman–Crippen LogP) is 1.02. The van der Waals surface area contributed by atoms with Crippen LogP contribution in [-0.2, 0) is 13.0 Å². The van der Waals surface area contributed by atoms with Gasteiger partial charge in [0.1, 0.15) is 4.88 Å². The van der Waals surface area contributed by atoms with Crippen molar-refractivity contribution in [3.05, 3.63) is 15.3 Å². The smallest absolute Gasteiger partial charge is 0.348 e. The van der Waals surface area contributed by atoms with Crippen molar-refractivity contribution in [2.45, 2.75) is 13.0 Å². The van der Waals surface area contributed by atoms with Crippen molar-refractivity contribution >= 4 is 23.0 Å². The molecule has 0 saturated carbocycles. The van der Waals surface area contributed by atoms with Crippen molar-refractivity contribution in [2.24, 2.45) is 0 Å². The molecule has 0 amide bonds. The Morgan fingerprint density at radius 3 is 3.00 bits per heavy atom. The SMILES string of the molecule is CN1CCc2sc(C(=O)O)c(N)c2C1. The zero-order valence-corrected chi connectivity index (χ0v) is 8.73. The van der Waals surface area contributed by atoms with Gasteiger partial charge >= 0.3 is 5.97 Å². The molecule has 1 aliphatic heterocycles. The summed E-state index contributed by atoms with van der Waals surface area (Å²) in [4.78, 5) is 14.4. The van der Waals surface area contributed by atoms with Gasteiger partial charge in [0.2, 0.25) is 0 Å². The molecule has 2 rings (SSSR count). The number of nitrogen functional groups attached to an aromatic ring is 1. The van der Waals surface area contributed by atoms with Crippen LogP contribution < -0.4 is 5.73 Å². The lowest BCUT2D eigenvalue weighted by molar-refractivity contribution is 0.0703. The number of carbonyl (C=O) groups is 1. The molecule has 2 heterocycles. The Morgan fingerprint density at radius 1 is 1.64 bits per heavy atom. The van der Waals surface area contributed by atoms with Crippen molar-refractivity contribution < 1.29 is 9.90 Å². The fourth-order valence-corrected chi connectivity index (χ4v) is 2.76. The van der Waals surface area contributed by atoms with Gasteiger partial charge in [0.25, 0.3) is 0 Å². The normalized spacial score (nSPS) is 16.6. The Hall–Kier alpha value is -1.07. The number of hydrogen-bond donors (Lipinski definition) is 2. The average Bonchev–Trinajstić information content (AvgIpc) is 2.44. The molecular formula is C9H12N2O2S. The second-order valence-corrected chi connectivity index (χ2v) is 4.64. The van der Waals surface area contributed by atoms with Crippen LogP contribution in [0.25, 0.3) is 0 Å². The first kappa shape index (κ1) is 9.48. The molecule has 0 aliphatic carbocycles. The number of anilines is 1. The third-order valence-electron chi connectivity index (χ3n) is 2.47. The van der Waals surface area contributed by atoms with E-state index < -0.39 is 5.97 Å². The van der Waals surface area contributed by atoms with Gasteiger partial charge in [-0.25, -0.2) is 4.79 Å². The van der Waals surface area contributed by atoms with Crippen LogP contribution in [0.15, 0.2) is 0 Å². The molecule has 0 saturated heterocycles. The van der Waals surface area contributed by atoms with E-state index in [0.717, 1.165) is 30.0 Å². The maximum absolute atomic E-state index is 10.8. The number of nitrogens with two attached hydrogens (primary N) is 1. The fraction of sp³-hybridized carbons (Fsp3) is 0.444. The van der Waals surface area contributed by atoms with E-state index in [1.54, 1.807) is 0 Å². The number of likely N-dealkylation sites (N-methyl/N-ethyl adjacent to an activating group) is 1. The second kappa shape index (κ2) is 3.25. The molecule has 5 heteroatoms. The molecule has 0 aromatic carbocycles. The van der Waals surface area contributed by atoms with Crippen LogP contribution in [0.5, 0.6) is 0 Å². The number of thiophene rings is 1. The van der Waals surface area contributed by atoms with Crippen molar-refractivity contribution in [1.29, 1.82) is 0 Å². The van der Waals surface area contributed by atoms with E-state index in [1.165, 1.54) is 11.3 Å². The number of hydrogen-bond acceptors (Lipinski definition) is 4. The van der Waals surface area contributed by atoms with E-state index in [9.17, 15) is 4.79 Å². The number of carboxylic acids is 1. The van der Waals surface area contributed by atoms with Crippen LogP contribution in [0.4, 0.5) is 5.69 Å². The Morgan fingerprint density at radius 2 is 2.36 bits per heavy atom. The molecule has 76 valence electrons. The lowest BCUT2D eigenvalue weighted by Crippen LogP contribution is -2.25. The van der Waals surface area contributed by atoms with Gasteiger partial charge in [-0.2, -0.15) is 0 Å². The fourth-order valence-electron chi connectivity index (χ4n) is 1.70. The van der Waals surface area contributed by atoms with E-state index in [2.05, 4.69) is 4.90 Å². The summed E-state index contributed by atoms with van der Waals surface area (Å²) in [5, 5.41) is 8.90. The zero-order chi connectivity index (χ0) is 10.3. The molecule has 1 aliphatic rings. The van der Waals surface area contributed by atoms with Gasteiger partial charge in [-0.1, -0.05) is 0 Å². The van der Waals surface area contributed by atoms with Crippen molar-refractivity contribution in [3.63, 3.8) is 0 Å². The van der Waals surface area contributed by atoms with E-state index in [0.29, 0.717) is 10.6 Å². The minimum Gasteiger partial charge on any atom is -0.477 e. The van der Waals surface area contributed by atoms with Crippen LogP contribution in [0.2, 0.25) is 0 Å². The Kier molecular flexibility index (Phi) is 2.20. The van der Waals surface area contributed by atoms with Gasteiger partial charge < -0.3 is 15.7 Å². The molecule has 1 aromatic rings. The van der Waals surface area contributed by atoms with Crippen LogP contribution in [0.1, 0.15) is 20.1 Å². The summed E-state index contributed by atoms with van der Waals surface area (Å²) in [7, 11) is 2.01. The Bertz CT molecular complexity index is 386. The van der Waals surface area contributed by atoms with Crippen molar-refractivity contribution in [2.75, 3.05) is 19.3 Å². The number of nitrogens with zero attached hydrogens (tertiary/aromatic N) is 1. The lowest BCUT2D eigenvalue weighted by atomic mass is 10.1. The van der Waals surface area contributed by atoms with E-state index >= 15 is 0 Å². The largest absolute Gasteiger partial charge is 0.477 e. The average molecular weight is 212 g/mol. The lowest BCUT2D eigenvalue weighted by Gasteiger charge is -2.22. The van der Waals surface area contributed by atoms with E-state index in [-0.39, 0.29) is 0 Å². The standard InChI is InChI=1S/C9H12N2O2S/c1-11-3-2-6-5(4-11)7(10)8(14-6)9(12)13/h2-4,10H2,1H3,(H,12,13). The van der Waals surface area contributed by atoms with Crippen molar-refractivity contribution in [1.82, 2.24) is 4.90 Å². The molecule has 0 fully saturated rings. The summed E-state index contributed by atoms with van der Waals surface area (Å²) < 4.78 is 0. The first-order chi connectivity index (χ1) is 6.59. The van der Waals surface area contributed by atoms with Gasteiger partial charge in [-0.15, -0.1) is 11.3 Å².